The van der Waals surface area contributed by atoms with Gasteiger partial charge in [-0.3, -0.25) is 4.90 Å². The molecule has 1 aliphatic carbocycles. The summed E-state index contributed by atoms with van der Waals surface area (Å²) in [7, 11) is 0. The number of aromatic nitrogens is 1. The summed E-state index contributed by atoms with van der Waals surface area (Å²) in [6.45, 7) is 6.45. The summed E-state index contributed by atoms with van der Waals surface area (Å²) in [4.78, 5) is 2.35. The number of hydrogen-bond acceptors (Lipinski definition) is 4. The van der Waals surface area contributed by atoms with Crippen molar-refractivity contribution in [2.45, 2.75) is 57.6 Å². The molecule has 1 aromatic carbocycles. The monoisotopic (exact) mass is 379 g/mol. The minimum Gasteiger partial charge on any atom is -0.483 e. The molecule has 3 N–H and O–H groups in total. The number of nitrogens with zero attached hydrogens (tertiary/aromatic N) is 2. The number of nitrogens with two attached hydrogens (primary N) is 1. The van der Waals surface area contributed by atoms with Crippen molar-refractivity contribution in [3.05, 3.63) is 53.7 Å². The zero-order valence-electron chi connectivity index (χ0n) is 16.9. The number of likely N-dealkylation sites (N-methyl/N-ethyl adjacent to an activating group) is 1. The maximum absolute atomic E-state index is 8.75. The van der Waals surface area contributed by atoms with E-state index >= 15 is 0 Å². The molecule has 2 aromatic rings. The third-order valence-corrected chi connectivity index (χ3v) is 6.31. The van der Waals surface area contributed by atoms with Crippen LogP contribution in [0.4, 0.5) is 5.82 Å². The molecule has 0 spiro atoms. The highest BCUT2D eigenvalue weighted by atomic mass is 16.5. The van der Waals surface area contributed by atoms with E-state index in [1.54, 1.807) is 4.57 Å². The van der Waals surface area contributed by atoms with E-state index in [1.807, 2.05) is 18.3 Å². The summed E-state index contributed by atoms with van der Waals surface area (Å²) in [5.74, 6) is 2.47. The summed E-state index contributed by atoms with van der Waals surface area (Å²) in [5.41, 5.74) is 8.89. The SMILES string of the molecule is CCN1CCC[C@H]1C(=N)[n+]1cc(OC2CCC(C)c3ccccc32)ccc1N. The number of rotatable bonds is 4. The molecule has 3 atom stereocenters. The normalized spacial score (nSPS) is 24.7. The first-order valence-electron chi connectivity index (χ1n) is 10.5. The van der Waals surface area contributed by atoms with Crippen LogP contribution in [0.1, 0.15) is 62.7 Å². The Hall–Kier alpha value is -2.40. The molecular weight excluding hydrogens is 348 g/mol. The Morgan fingerprint density at radius 1 is 1.18 bits per heavy atom. The van der Waals surface area contributed by atoms with E-state index < -0.39 is 0 Å². The third-order valence-electron chi connectivity index (χ3n) is 6.31. The Balaban J connectivity index is 1.58. The highest BCUT2D eigenvalue weighted by Crippen LogP contribution is 2.39. The van der Waals surface area contributed by atoms with Crippen LogP contribution in [0.5, 0.6) is 5.75 Å². The van der Waals surface area contributed by atoms with Crippen molar-refractivity contribution in [3.8, 4) is 5.75 Å². The zero-order valence-corrected chi connectivity index (χ0v) is 16.9. The van der Waals surface area contributed by atoms with Gasteiger partial charge in [0.25, 0.3) is 5.84 Å². The van der Waals surface area contributed by atoms with E-state index in [0.717, 1.165) is 44.5 Å². The van der Waals surface area contributed by atoms with Crippen molar-refractivity contribution in [1.82, 2.24) is 4.90 Å². The average Bonchev–Trinajstić information content (AvgIpc) is 3.20. The Kier molecular flexibility index (Phi) is 5.36. The summed E-state index contributed by atoms with van der Waals surface area (Å²) in [6, 6.07) is 12.5. The minimum atomic E-state index is 0.0530. The van der Waals surface area contributed by atoms with Crippen molar-refractivity contribution >= 4 is 11.7 Å². The lowest BCUT2D eigenvalue weighted by Gasteiger charge is -2.30. The second-order valence-electron chi connectivity index (χ2n) is 8.05. The fraction of sp³-hybridized carbons (Fsp3) is 0.478. The van der Waals surface area contributed by atoms with Crippen molar-refractivity contribution in [3.63, 3.8) is 0 Å². The Bertz CT molecular complexity index is 865. The van der Waals surface area contributed by atoms with Gasteiger partial charge >= 0.3 is 0 Å². The Labute approximate surface area is 167 Å². The first-order chi connectivity index (χ1) is 13.6. The summed E-state index contributed by atoms with van der Waals surface area (Å²) >= 11 is 0. The minimum absolute atomic E-state index is 0.0530. The molecule has 2 unspecified atom stereocenters. The predicted molar refractivity (Wildman–Crippen MR) is 112 cm³/mol. The van der Waals surface area contributed by atoms with Gasteiger partial charge in [-0.15, -0.1) is 0 Å². The van der Waals surface area contributed by atoms with Crippen LogP contribution in [0, 0.1) is 5.41 Å². The van der Waals surface area contributed by atoms with Gasteiger partial charge in [-0.05, 0) is 61.9 Å². The maximum atomic E-state index is 8.75. The molecule has 5 nitrogen and oxygen atoms in total. The molecule has 1 saturated heterocycles. The maximum Gasteiger partial charge on any atom is 0.252 e. The van der Waals surface area contributed by atoms with Crippen LogP contribution in [0.2, 0.25) is 0 Å². The van der Waals surface area contributed by atoms with Gasteiger partial charge in [-0.1, -0.05) is 38.1 Å². The molecule has 2 aliphatic rings. The lowest BCUT2D eigenvalue weighted by molar-refractivity contribution is -0.545. The van der Waals surface area contributed by atoms with Crippen molar-refractivity contribution in [2.24, 2.45) is 0 Å². The van der Waals surface area contributed by atoms with Crippen LogP contribution in [0.25, 0.3) is 0 Å². The van der Waals surface area contributed by atoms with Gasteiger partial charge in [-0.2, -0.15) is 5.41 Å². The van der Waals surface area contributed by atoms with Crippen LogP contribution in [0.3, 0.4) is 0 Å². The number of anilines is 1. The van der Waals surface area contributed by atoms with Gasteiger partial charge in [0, 0.05) is 6.07 Å². The van der Waals surface area contributed by atoms with Crippen LogP contribution in [-0.4, -0.2) is 29.9 Å². The fourth-order valence-corrected chi connectivity index (χ4v) is 4.70. The number of benzene rings is 1. The Morgan fingerprint density at radius 3 is 2.75 bits per heavy atom. The van der Waals surface area contributed by atoms with E-state index in [-0.39, 0.29) is 12.1 Å². The molecule has 5 heteroatoms. The van der Waals surface area contributed by atoms with E-state index in [1.165, 1.54) is 11.1 Å². The largest absolute Gasteiger partial charge is 0.483 e. The predicted octanol–water partition coefficient (Wildman–Crippen LogP) is 3.88. The van der Waals surface area contributed by atoms with E-state index in [0.29, 0.717) is 17.6 Å². The number of nitrogens with one attached hydrogen (secondary N) is 1. The molecule has 1 fully saturated rings. The standard InChI is InChI=1S/C23H30N4O/c1-3-26-14-6-9-20(26)23(25)27-15-17(11-13-22(27)24)28-21-12-10-16(2)18-7-4-5-8-19(18)21/h4-5,7-8,11,13,15-16,20-21,24-25H,3,6,9-10,12,14H2,1-2H3/p+1/t16?,20-,21?/m0/s1. The first kappa shape index (κ1) is 18.9. The highest BCUT2D eigenvalue weighted by Gasteiger charge is 2.32. The average molecular weight is 380 g/mol. The topological polar surface area (TPSA) is 66.2 Å². The lowest BCUT2D eigenvalue weighted by atomic mass is 9.82. The molecule has 0 amide bonds. The van der Waals surface area contributed by atoms with Crippen molar-refractivity contribution in [2.75, 3.05) is 18.8 Å². The van der Waals surface area contributed by atoms with Gasteiger partial charge in [0.05, 0.1) is 6.04 Å². The summed E-state index contributed by atoms with van der Waals surface area (Å²) in [5, 5.41) is 8.75. The summed E-state index contributed by atoms with van der Waals surface area (Å²) in [6.07, 6.45) is 6.22. The van der Waals surface area contributed by atoms with Crippen LogP contribution >= 0.6 is 0 Å². The van der Waals surface area contributed by atoms with Crippen LogP contribution < -0.4 is 15.0 Å². The van der Waals surface area contributed by atoms with Gasteiger partial charge in [0.2, 0.25) is 5.82 Å². The third kappa shape index (κ3) is 3.51. The summed E-state index contributed by atoms with van der Waals surface area (Å²) < 4.78 is 8.20. The number of fused-ring (bicyclic) bond motifs is 1. The number of hydrogen-bond donors (Lipinski definition) is 2. The van der Waals surface area contributed by atoms with Gasteiger partial charge in [0.15, 0.2) is 5.75 Å². The number of pyridine rings is 1. The number of likely N-dealkylation sites (tertiary alicyclic amines) is 1. The molecule has 148 valence electrons. The highest BCUT2D eigenvalue weighted by molar-refractivity contribution is 5.77. The molecule has 0 radical (unpaired) electrons. The van der Waals surface area contributed by atoms with E-state index in [9.17, 15) is 0 Å². The molecule has 28 heavy (non-hydrogen) atoms. The fourth-order valence-electron chi connectivity index (χ4n) is 4.70. The van der Waals surface area contributed by atoms with Crippen LogP contribution in [0.15, 0.2) is 42.6 Å². The Morgan fingerprint density at radius 2 is 1.96 bits per heavy atom. The van der Waals surface area contributed by atoms with Crippen LogP contribution in [-0.2, 0) is 0 Å². The molecule has 0 bridgehead atoms. The zero-order chi connectivity index (χ0) is 19.7. The van der Waals surface area contributed by atoms with Gasteiger partial charge in [0.1, 0.15) is 12.3 Å². The second kappa shape index (κ2) is 7.92. The first-order valence-corrected chi connectivity index (χ1v) is 10.5. The van der Waals surface area contributed by atoms with Gasteiger partial charge < -0.3 is 10.5 Å². The quantitative estimate of drug-likeness (QED) is 0.481. The van der Waals surface area contributed by atoms with E-state index in [4.69, 9.17) is 15.9 Å². The number of nitrogen functional groups attached to an aromatic ring is 1. The van der Waals surface area contributed by atoms with E-state index in [2.05, 4.69) is 43.0 Å². The molecular formula is C23H31N4O+. The van der Waals surface area contributed by atoms with Gasteiger partial charge in [-0.25, -0.2) is 4.57 Å². The van der Waals surface area contributed by atoms with Crippen molar-refractivity contribution in [1.29, 1.82) is 5.41 Å². The lowest BCUT2D eigenvalue weighted by Crippen LogP contribution is -2.54. The van der Waals surface area contributed by atoms with Crippen molar-refractivity contribution < 1.29 is 9.30 Å². The second-order valence-corrected chi connectivity index (χ2v) is 8.05. The number of ether oxygens (including phenoxy) is 1. The molecule has 4 rings (SSSR count). The molecule has 1 aliphatic heterocycles. The molecule has 2 heterocycles. The molecule has 0 saturated carbocycles. The molecule has 1 aromatic heterocycles. The smallest absolute Gasteiger partial charge is 0.252 e.